The first-order valence-electron chi connectivity index (χ1n) is 6.64. The van der Waals surface area contributed by atoms with Gasteiger partial charge in [-0.2, -0.15) is 0 Å². The van der Waals surface area contributed by atoms with Crippen LogP contribution in [-0.4, -0.2) is 35.8 Å². The van der Waals surface area contributed by atoms with Crippen LogP contribution in [0.25, 0.3) is 0 Å². The van der Waals surface area contributed by atoms with Crippen molar-refractivity contribution in [3.8, 4) is 0 Å². The van der Waals surface area contributed by atoms with E-state index in [1.54, 1.807) is 21.9 Å². The van der Waals surface area contributed by atoms with Gasteiger partial charge >= 0.3 is 0 Å². The molecule has 0 bridgehead atoms. The molecular formula is C14H14BrClN2O2. The van der Waals surface area contributed by atoms with Crippen LogP contribution < -0.4 is 4.90 Å². The van der Waals surface area contributed by atoms with Crippen molar-refractivity contribution in [1.82, 2.24) is 4.90 Å². The first-order valence-corrected chi connectivity index (χ1v) is 7.81. The van der Waals surface area contributed by atoms with Gasteiger partial charge in [0, 0.05) is 29.0 Å². The van der Waals surface area contributed by atoms with Gasteiger partial charge in [-0.25, -0.2) is 0 Å². The van der Waals surface area contributed by atoms with E-state index in [0.29, 0.717) is 24.5 Å². The van der Waals surface area contributed by atoms with E-state index in [9.17, 15) is 9.59 Å². The summed E-state index contributed by atoms with van der Waals surface area (Å²) in [6.07, 6.45) is 2.03. The molecule has 1 atom stereocenters. The largest absolute Gasteiger partial charge is 0.331 e. The maximum Gasteiger partial charge on any atom is 0.249 e. The van der Waals surface area contributed by atoms with E-state index >= 15 is 0 Å². The normalized spacial score (nSPS) is 23.0. The van der Waals surface area contributed by atoms with E-state index in [1.165, 1.54) is 0 Å². The fourth-order valence-electron chi connectivity index (χ4n) is 2.90. The second-order valence-electron chi connectivity index (χ2n) is 5.08. The van der Waals surface area contributed by atoms with E-state index in [-0.39, 0.29) is 17.9 Å². The molecule has 4 nitrogen and oxygen atoms in total. The number of carbonyl (C=O) groups excluding carboxylic acids is 2. The van der Waals surface area contributed by atoms with Gasteiger partial charge in [-0.1, -0.05) is 11.6 Å². The molecule has 1 unspecified atom stereocenters. The fourth-order valence-corrected chi connectivity index (χ4v) is 3.80. The Morgan fingerprint density at radius 2 is 2.05 bits per heavy atom. The molecule has 2 amide bonds. The number of hydrogen-bond acceptors (Lipinski definition) is 2. The third kappa shape index (κ3) is 2.33. The molecule has 0 N–H and O–H groups in total. The summed E-state index contributed by atoms with van der Waals surface area (Å²) in [5, 5.41) is 0.612. The van der Waals surface area contributed by atoms with Crippen molar-refractivity contribution in [2.75, 3.05) is 18.0 Å². The number of fused-ring (bicyclic) bond motifs is 1. The van der Waals surface area contributed by atoms with E-state index < -0.39 is 0 Å². The lowest BCUT2D eigenvalue weighted by Crippen LogP contribution is -2.43. The summed E-state index contributed by atoms with van der Waals surface area (Å²) in [6, 6.07) is 5.05. The maximum atomic E-state index is 12.7. The van der Waals surface area contributed by atoms with Gasteiger partial charge in [-0.15, -0.1) is 0 Å². The Hall–Kier alpha value is -1.07. The Bertz CT molecular complexity index is 578. The minimum Gasteiger partial charge on any atom is -0.331 e. The van der Waals surface area contributed by atoms with Gasteiger partial charge in [0.25, 0.3) is 0 Å². The van der Waals surface area contributed by atoms with E-state index in [1.807, 2.05) is 6.07 Å². The van der Waals surface area contributed by atoms with Crippen LogP contribution in [0.2, 0.25) is 5.02 Å². The molecule has 1 aromatic carbocycles. The predicted molar refractivity (Wildman–Crippen MR) is 80.9 cm³/mol. The number of hydrogen-bond donors (Lipinski definition) is 0. The molecule has 1 aromatic rings. The molecular weight excluding hydrogens is 344 g/mol. The van der Waals surface area contributed by atoms with Crippen molar-refractivity contribution in [1.29, 1.82) is 0 Å². The standard InChI is InChI=1S/C14H14BrClN2O2/c15-10-8-9(16)3-4-11(10)18-7-5-13(19)17-6-1-2-12(17)14(18)20/h3-4,8,12H,1-2,5-7H2. The zero-order valence-electron chi connectivity index (χ0n) is 10.8. The van der Waals surface area contributed by atoms with Crippen LogP contribution >= 0.6 is 27.5 Å². The van der Waals surface area contributed by atoms with E-state index in [2.05, 4.69) is 15.9 Å². The van der Waals surface area contributed by atoms with Crippen LogP contribution in [0.3, 0.4) is 0 Å². The summed E-state index contributed by atoms with van der Waals surface area (Å²) in [5.74, 6) is 0.0878. The average Bonchev–Trinajstić information content (AvgIpc) is 2.85. The molecule has 2 aliphatic rings. The number of anilines is 1. The topological polar surface area (TPSA) is 40.6 Å². The zero-order chi connectivity index (χ0) is 14.3. The summed E-state index contributed by atoms with van der Waals surface area (Å²) < 4.78 is 0.775. The molecule has 2 heterocycles. The van der Waals surface area contributed by atoms with Crippen LogP contribution in [0.1, 0.15) is 19.3 Å². The van der Waals surface area contributed by atoms with Gasteiger partial charge in [0.05, 0.1) is 5.69 Å². The van der Waals surface area contributed by atoms with Gasteiger partial charge in [0.15, 0.2) is 0 Å². The predicted octanol–water partition coefficient (Wildman–Crippen LogP) is 2.83. The summed E-state index contributed by atoms with van der Waals surface area (Å²) >= 11 is 9.39. The van der Waals surface area contributed by atoms with Crippen LogP contribution in [0.15, 0.2) is 22.7 Å². The van der Waals surface area contributed by atoms with Crippen molar-refractivity contribution < 1.29 is 9.59 Å². The highest BCUT2D eigenvalue weighted by molar-refractivity contribution is 9.10. The lowest BCUT2D eigenvalue weighted by Gasteiger charge is -2.26. The zero-order valence-corrected chi connectivity index (χ0v) is 13.2. The smallest absolute Gasteiger partial charge is 0.249 e. The molecule has 0 spiro atoms. The van der Waals surface area contributed by atoms with Crippen molar-refractivity contribution >= 4 is 45.0 Å². The van der Waals surface area contributed by atoms with Crippen molar-refractivity contribution in [3.63, 3.8) is 0 Å². The van der Waals surface area contributed by atoms with Gasteiger partial charge in [0.1, 0.15) is 6.04 Å². The second-order valence-corrected chi connectivity index (χ2v) is 6.37. The lowest BCUT2D eigenvalue weighted by molar-refractivity contribution is -0.135. The fraction of sp³-hybridized carbons (Fsp3) is 0.429. The highest BCUT2D eigenvalue weighted by Gasteiger charge is 2.39. The minimum atomic E-state index is -0.299. The molecule has 2 saturated heterocycles. The van der Waals surface area contributed by atoms with E-state index in [0.717, 1.165) is 23.0 Å². The minimum absolute atomic E-state index is 0.0105. The van der Waals surface area contributed by atoms with Crippen LogP contribution in [0.4, 0.5) is 5.69 Å². The van der Waals surface area contributed by atoms with Crippen molar-refractivity contribution in [2.45, 2.75) is 25.3 Å². The molecule has 0 saturated carbocycles. The highest BCUT2D eigenvalue weighted by Crippen LogP contribution is 2.33. The maximum absolute atomic E-state index is 12.7. The third-order valence-electron chi connectivity index (χ3n) is 3.87. The highest BCUT2D eigenvalue weighted by atomic mass is 79.9. The van der Waals surface area contributed by atoms with Crippen LogP contribution in [0, 0.1) is 0 Å². The molecule has 0 aromatic heterocycles. The quantitative estimate of drug-likeness (QED) is 0.775. The molecule has 0 radical (unpaired) electrons. The van der Waals surface area contributed by atoms with E-state index in [4.69, 9.17) is 11.6 Å². The number of nitrogens with zero attached hydrogens (tertiary/aromatic N) is 2. The van der Waals surface area contributed by atoms with Gasteiger partial charge in [-0.05, 0) is 47.0 Å². The summed E-state index contributed by atoms with van der Waals surface area (Å²) in [7, 11) is 0. The van der Waals surface area contributed by atoms with Gasteiger partial charge < -0.3 is 9.80 Å². The Morgan fingerprint density at radius 1 is 1.25 bits per heavy atom. The Morgan fingerprint density at radius 3 is 2.80 bits per heavy atom. The SMILES string of the molecule is O=C1C2CCCN2C(=O)CCN1c1ccc(Cl)cc1Br. The molecule has 20 heavy (non-hydrogen) atoms. The number of benzene rings is 1. The van der Waals surface area contributed by atoms with Gasteiger partial charge in [-0.3, -0.25) is 9.59 Å². The Labute approximate surface area is 130 Å². The molecule has 2 aliphatic heterocycles. The molecule has 0 aliphatic carbocycles. The number of halogens is 2. The third-order valence-corrected chi connectivity index (χ3v) is 4.74. The average molecular weight is 358 g/mol. The van der Waals surface area contributed by atoms with Crippen molar-refractivity contribution in [2.24, 2.45) is 0 Å². The molecule has 106 valence electrons. The number of rotatable bonds is 1. The molecule has 2 fully saturated rings. The van der Waals surface area contributed by atoms with Gasteiger partial charge in [0.2, 0.25) is 11.8 Å². The van der Waals surface area contributed by atoms with Crippen molar-refractivity contribution in [3.05, 3.63) is 27.7 Å². The molecule has 6 heteroatoms. The number of amides is 2. The summed E-state index contributed by atoms with van der Waals surface area (Å²) in [5.41, 5.74) is 0.779. The lowest BCUT2D eigenvalue weighted by atomic mass is 10.2. The first kappa shape index (κ1) is 13.9. The van der Waals surface area contributed by atoms with Crippen LogP contribution in [0.5, 0.6) is 0 Å². The van der Waals surface area contributed by atoms with Crippen LogP contribution in [-0.2, 0) is 9.59 Å². The summed E-state index contributed by atoms with van der Waals surface area (Å²) in [6.45, 7) is 1.12. The number of carbonyl (C=O) groups is 2. The molecule has 3 rings (SSSR count). The first-order chi connectivity index (χ1) is 9.58. The Kier molecular flexibility index (Phi) is 3.73. The monoisotopic (exact) mass is 356 g/mol. The summed E-state index contributed by atoms with van der Waals surface area (Å²) in [4.78, 5) is 28.2. The second kappa shape index (κ2) is 5.37. The Balaban J connectivity index is 1.96.